The van der Waals surface area contributed by atoms with Gasteiger partial charge >= 0.3 is 0 Å². The van der Waals surface area contributed by atoms with E-state index in [1.54, 1.807) is 0 Å². The Bertz CT molecular complexity index is 180. The van der Waals surface area contributed by atoms with E-state index in [0.717, 1.165) is 0 Å². The third-order valence-corrected chi connectivity index (χ3v) is 6.03. The first-order valence-corrected chi connectivity index (χ1v) is 6.70. The maximum atomic E-state index is 5.49. The first-order chi connectivity index (χ1) is 5.33. The molecule has 0 unspecified atom stereocenters. The van der Waals surface area contributed by atoms with E-state index in [1.165, 1.54) is 37.8 Å². The van der Waals surface area contributed by atoms with Gasteiger partial charge in [0, 0.05) is 0 Å². The number of rotatable bonds is 0. The lowest BCUT2D eigenvalue weighted by Gasteiger charge is -2.15. The molecule has 0 aromatic heterocycles. The van der Waals surface area contributed by atoms with Crippen molar-refractivity contribution in [2.45, 2.75) is 37.8 Å². The van der Waals surface area contributed by atoms with E-state index in [2.05, 4.69) is 11.1 Å². The maximum absolute atomic E-state index is 5.49. The third kappa shape index (κ3) is 1.88. The Morgan fingerprint density at radius 2 is 1.27 bits per heavy atom. The molecule has 0 atom stereocenters. The molecular formula is C10H14Si. The summed E-state index contributed by atoms with van der Waals surface area (Å²) in [5.41, 5.74) is 5.82. The maximum Gasteiger partial charge on any atom is 0.216 e. The van der Waals surface area contributed by atoms with Crippen LogP contribution in [0.25, 0.3) is 0 Å². The molecule has 1 aliphatic rings. The van der Waals surface area contributed by atoms with Gasteiger partial charge in [-0.15, -0.1) is 23.9 Å². The average Bonchev–Trinajstić information content (AvgIpc) is 2.30. The molecule has 1 aliphatic heterocycles. The first-order valence-electron chi connectivity index (χ1n) is 4.28. The zero-order chi connectivity index (χ0) is 8.16. The highest BCUT2D eigenvalue weighted by Crippen LogP contribution is 2.25. The van der Waals surface area contributed by atoms with Crippen LogP contribution in [0, 0.1) is 23.9 Å². The minimum absolute atomic E-state index is 1.17. The predicted octanol–water partition coefficient (Wildman–Crippen LogP) is 2.35. The van der Waals surface area contributed by atoms with E-state index < -0.39 is 8.07 Å². The van der Waals surface area contributed by atoms with Crippen LogP contribution in [0.15, 0.2) is 0 Å². The van der Waals surface area contributed by atoms with Crippen molar-refractivity contribution in [2.75, 3.05) is 0 Å². The molecule has 58 valence electrons. The van der Waals surface area contributed by atoms with Gasteiger partial charge < -0.3 is 0 Å². The second-order valence-corrected chi connectivity index (χ2v) is 7.03. The average molecular weight is 162 g/mol. The van der Waals surface area contributed by atoms with Crippen LogP contribution in [0.2, 0.25) is 12.1 Å². The van der Waals surface area contributed by atoms with E-state index >= 15 is 0 Å². The van der Waals surface area contributed by atoms with Gasteiger partial charge in [-0.1, -0.05) is 25.7 Å². The van der Waals surface area contributed by atoms with Crippen LogP contribution in [0.5, 0.6) is 0 Å². The summed E-state index contributed by atoms with van der Waals surface area (Å²) in [6, 6.07) is 2.33. The molecule has 1 heterocycles. The van der Waals surface area contributed by atoms with Gasteiger partial charge in [-0.2, -0.15) is 0 Å². The Labute approximate surface area is 70.4 Å². The van der Waals surface area contributed by atoms with Crippen molar-refractivity contribution in [3.8, 4) is 23.9 Å². The SMILES string of the molecule is C#C[Si]1(C#C)CCCCCC1. The van der Waals surface area contributed by atoms with E-state index in [0.29, 0.717) is 0 Å². The second kappa shape index (κ2) is 3.65. The fourth-order valence-electron chi connectivity index (χ4n) is 1.66. The minimum Gasteiger partial charge on any atom is -0.126 e. The third-order valence-electron chi connectivity index (χ3n) is 2.51. The highest BCUT2D eigenvalue weighted by Gasteiger charge is 2.29. The van der Waals surface area contributed by atoms with Gasteiger partial charge in [0.2, 0.25) is 8.07 Å². The van der Waals surface area contributed by atoms with E-state index in [9.17, 15) is 0 Å². The standard InChI is InChI=1S/C10H14Si/c1-3-11(4-2)9-7-5-6-8-10-11/h1-2H,5-10H2. The van der Waals surface area contributed by atoms with Crippen LogP contribution in [0.3, 0.4) is 0 Å². The Balaban J connectivity index is 2.68. The molecule has 0 spiro atoms. The fraction of sp³-hybridized carbons (Fsp3) is 0.600. The molecule has 0 aliphatic carbocycles. The van der Waals surface area contributed by atoms with Crippen molar-refractivity contribution in [1.29, 1.82) is 0 Å². The predicted molar refractivity (Wildman–Crippen MR) is 51.5 cm³/mol. The highest BCUT2D eigenvalue weighted by atomic mass is 28.3. The van der Waals surface area contributed by atoms with Crippen LogP contribution >= 0.6 is 0 Å². The topological polar surface area (TPSA) is 0 Å². The molecule has 0 nitrogen and oxygen atoms in total. The summed E-state index contributed by atoms with van der Waals surface area (Å²) in [5.74, 6) is 0. The molecule has 0 bridgehead atoms. The Morgan fingerprint density at radius 3 is 1.64 bits per heavy atom. The van der Waals surface area contributed by atoms with E-state index in [-0.39, 0.29) is 0 Å². The fourth-order valence-corrected chi connectivity index (χ4v) is 4.28. The van der Waals surface area contributed by atoms with Crippen molar-refractivity contribution >= 4 is 8.07 Å². The quantitative estimate of drug-likeness (QED) is 0.379. The number of terminal acetylenes is 2. The van der Waals surface area contributed by atoms with Crippen LogP contribution in [-0.2, 0) is 0 Å². The second-order valence-electron chi connectivity index (χ2n) is 3.28. The summed E-state index contributed by atoms with van der Waals surface area (Å²) in [4.78, 5) is 0. The molecule has 1 fully saturated rings. The Hall–Kier alpha value is -0.663. The molecule has 0 N–H and O–H groups in total. The minimum atomic E-state index is -1.63. The zero-order valence-corrected chi connectivity index (χ0v) is 7.90. The molecule has 0 aromatic rings. The lowest BCUT2D eigenvalue weighted by Crippen LogP contribution is -2.29. The zero-order valence-electron chi connectivity index (χ0n) is 6.90. The monoisotopic (exact) mass is 162 g/mol. The normalized spacial score (nSPS) is 22.7. The van der Waals surface area contributed by atoms with Crippen molar-refractivity contribution in [3.05, 3.63) is 0 Å². The van der Waals surface area contributed by atoms with E-state index in [1.807, 2.05) is 0 Å². The molecule has 0 amide bonds. The molecule has 0 aromatic carbocycles. The Morgan fingerprint density at radius 1 is 0.818 bits per heavy atom. The molecule has 0 saturated carbocycles. The van der Waals surface area contributed by atoms with Crippen LogP contribution in [-0.4, -0.2) is 8.07 Å². The lowest BCUT2D eigenvalue weighted by molar-refractivity contribution is 0.720. The van der Waals surface area contributed by atoms with Crippen molar-refractivity contribution in [1.82, 2.24) is 0 Å². The Kier molecular flexibility index (Phi) is 2.80. The number of hydrogen-bond donors (Lipinski definition) is 0. The summed E-state index contributed by atoms with van der Waals surface area (Å²) in [7, 11) is -1.63. The lowest BCUT2D eigenvalue weighted by atomic mass is 10.2. The van der Waals surface area contributed by atoms with Gasteiger partial charge in [-0.3, -0.25) is 0 Å². The molecule has 1 heteroatoms. The van der Waals surface area contributed by atoms with Gasteiger partial charge in [0.15, 0.2) is 0 Å². The molecule has 1 rings (SSSR count). The van der Waals surface area contributed by atoms with Gasteiger partial charge in [0.25, 0.3) is 0 Å². The van der Waals surface area contributed by atoms with Gasteiger partial charge in [0.1, 0.15) is 0 Å². The summed E-state index contributed by atoms with van der Waals surface area (Å²) in [5, 5.41) is 0. The summed E-state index contributed by atoms with van der Waals surface area (Å²) in [6.45, 7) is 0. The molecule has 0 radical (unpaired) electrons. The van der Waals surface area contributed by atoms with Crippen LogP contribution < -0.4 is 0 Å². The summed E-state index contributed by atoms with van der Waals surface area (Å²) < 4.78 is 0. The summed E-state index contributed by atoms with van der Waals surface area (Å²) >= 11 is 0. The highest BCUT2D eigenvalue weighted by molar-refractivity contribution is 6.94. The van der Waals surface area contributed by atoms with E-state index in [4.69, 9.17) is 12.8 Å². The van der Waals surface area contributed by atoms with Crippen LogP contribution in [0.1, 0.15) is 25.7 Å². The summed E-state index contributed by atoms with van der Waals surface area (Å²) in [6.07, 6.45) is 16.2. The van der Waals surface area contributed by atoms with Gasteiger partial charge in [0.05, 0.1) is 0 Å². The largest absolute Gasteiger partial charge is 0.216 e. The molecule has 1 saturated heterocycles. The van der Waals surface area contributed by atoms with Gasteiger partial charge in [-0.05, 0) is 12.1 Å². The number of hydrogen-bond acceptors (Lipinski definition) is 0. The smallest absolute Gasteiger partial charge is 0.126 e. The van der Waals surface area contributed by atoms with Gasteiger partial charge in [-0.25, -0.2) is 0 Å². The van der Waals surface area contributed by atoms with Crippen molar-refractivity contribution < 1.29 is 0 Å². The van der Waals surface area contributed by atoms with Crippen molar-refractivity contribution in [2.24, 2.45) is 0 Å². The van der Waals surface area contributed by atoms with Crippen molar-refractivity contribution in [3.63, 3.8) is 0 Å². The molecular weight excluding hydrogens is 148 g/mol. The van der Waals surface area contributed by atoms with Crippen LogP contribution in [0.4, 0.5) is 0 Å². The molecule has 11 heavy (non-hydrogen) atoms. The first kappa shape index (κ1) is 8.43.